The van der Waals surface area contributed by atoms with Gasteiger partial charge in [0.1, 0.15) is 17.7 Å². The van der Waals surface area contributed by atoms with Gasteiger partial charge in [-0.1, -0.05) is 57.1 Å². The van der Waals surface area contributed by atoms with Gasteiger partial charge in [-0.3, -0.25) is 14.4 Å². The molecule has 37 heavy (non-hydrogen) atoms. The first kappa shape index (κ1) is 26.7. The normalized spacial score (nSPS) is 17.5. The van der Waals surface area contributed by atoms with Gasteiger partial charge >= 0.3 is 0 Å². The molecule has 9 heteroatoms. The Kier molecular flexibility index (Phi) is 7.92. The fourth-order valence-electron chi connectivity index (χ4n) is 4.69. The Morgan fingerprint density at radius 3 is 2.41 bits per heavy atom. The first-order valence-electron chi connectivity index (χ1n) is 12.7. The van der Waals surface area contributed by atoms with E-state index in [2.05, 4.69) is 15.5 Å². The van der Waals surface area contributed by atoms with Crippen LogP contribution in [-0.4, -0.2) is 45.2 Å². The second-order valence-electron chi connectivity index (χ2n) is 10.4. The first-order chi connectivity index (χ1) is 17.6. The van der Waals surface area contributed by atoms with Gasteiger partial charge in [0.25, 0.3) is 0 Å². The van der Waals surface area contributed by atoms with Crippen LogP contribution in [0.4, 0.5) is 0 Å². The van der Waals surface area contributed by atoms with Crippen LogP contribution in [0.3, 0.4) is 0 Å². The van der Waals surface area contributed by atoms with Crippen molar-refractivity contribution in [1.82, 2.24) is 20.4 Å². The van der Waals surface area contributed by atoms with Gasteiger partial charge in [-0.15, -0.1) is 11.3 Å². The molecule has 1 aliphatic heterocycles. The summed E-state index contributed by atoms with van der Waals surface area (Å²) in [5.74, 6) is -0.851. The fourth-order valence-corrected chi connectivity index (χ4v) is 5.50. The van der Waals surface area contributed by atoms with Crippen molar-refractivity contribution in [2.24, 2.45) is 5.92 Å². The number of aromatic nitrogens is 2. The maximum absolute atomic E-state index is 13.7. The summed E-state index contributed by atoms with van der Waals surface area (Å²) in [6, 6.07) is 8.66. The van der Waals surface area contributed by atoms with Gasteiger partial charge in [-0.25, -0.2) is 4.98 Å². The van der Waals surface area contributed by atoms with E-state index in [0.29, 0.717) is 5.76 Å². The number of hydrogen-bond acceptors (Lipinski definition) is 7. The first-order valence-corrected chi connectivity index (χ1v) is 13.5. The Hall–Kier alpha value is -3.33. The van der Waals surface area contributed by atoms with Crippen LogP contribution in [0.1, 0.15) is 81.6 Å². The van der Waals surface area contributed by atoms with Crippen molar-refractivity contribution in [2.75, 3.05) is 6.54 Å². The smallest absolute Gasteiger partial charge is 0.243 e. The number of thiazole rings is 1. The molecular weight excluding hydrogens is 488 g/mol. The van der Waals surface area contributed by atoms with E-state index in [-0.39, 0.29) is 48.4 Å². The molecule has 0 spiro atoms. The number of benzene rings is 1. The lowest BCUT2D eigenvalue weighted by Gasteiger charge is -2.29. The van der Waals surface area contributed by atoms with Gasteiger partial charge in [-0.2, -0.15) is 0 Å². The molecule has 0 radical (unpaired) electrons. The molecule has 0 bridgehead atoms. The molecule has 2 amide bonds. The third kappa shape index (κ3) is 5.66. The Morgan fingerprint density at radius 1 is 1.14 bits per heavy atom. The molecule has 3 atom stereocenters. The van der Waals surface area contributed by atoms with Crippen LogP contribution in [0.15, 0.2) is 40.4 Å². The molecule has 0 unspecified atom stereocenters. The van der Waals surface area contributed by atoms with E-state index < -0.39 is 12.0 Å². The number of carbonyl (C=O) groups is 3. The molecule has 1 N–H and O–H groups in total. The van der Waals surface area contributed by atoms with Crippen molar-refractivity contribution in [3.05, 3.63) is 58.6 Å². The van der Waals surface area contributed by atoms with Crippen LogP contribution in [0.5, 0.6) is 0 Å². The second kappa shape index (κ2) is 11.0. The summed E-state index contributed by atoms with van der Waals surface area (Å²) in [7, 11) is 0. The van der Waals surface area contributed by atoms with E-state index in [1.54, 1.807) is 17.4 Å². The molecule has 3 aromatic rings. The molecule has 0 saturated carbocycles. The van der Waals surface area contributed by atoms with Gasteiger partial charge in [0, 0.05) is 12.5 Å². The maximum atomic E-state index is 13.7. The standard InChI is InChI=1S/C28H34N4O4S/c1-15(2)22-12-24(36-31-22)25(16(3)4)28(35)32-13-21(33)11-23(32)27(34)30-17(5)19-7-9-20(10-8-19)26-18(6)29-14-37-26/h7-10,12,14-17,23,25H,11,13H2,1-6H3,(H,30,34)/t17-,23-,25+/m0/s1. The number of hydrogen-bond donors (Lipinski definition) is 1. The zero-order chi connectivity index (χ0) is 26.9. The van der Waals surface area contributed by atoms with E-state index in [1.165, 1.54) is 4.90 Å². The average molecular weight is 523 g/mol. The predicted molar refractivity (Wildman–Crippen MR) is 142 cm³/mol. The number of amides is 2. The highest BCUT2D eigenvalue weighted by molar-refractivity contribution is 7.13. The van der Waals surface area contributed by atoms with Crippen molar-refractivity contribution in [2.45, 2.75) is 71.9 Å². The van der Waals surface area contributed by atoms with Crippen LogP contribution in [0.25, 0.3) is 10.4 Å². The molecule has 8 nitrogen and oxygen atoms in total. The Bertz CT molecular complexity index is 1280. The third-order valence-electron chi connectivity index (χ3n) is 6.88. The van der Waals surface area contributed by atoms with E-state index in [0.717, 1.165) is 27.4 Å². The largest absolute Gasteiger partial charge is 0.360 e. The second-order valence-corrected chi connectivity index (χ2v) is 11.2. The highest BCUT2D eigenvalue weighted by Crippen LogP contribution is 2.32. The van der Waals surface area contributed by atoms with Crippen LogP contribution < -0.4 is 5.32 Å². The Balaban J connectivity index is 1.48. The summed E-state index contributed by atoms with van der Waals surface area (Å²) in [6.07, 6.45) is 0.00630. The summed E-state index contributed by atoms with van der Waals surface area (Å²) in [5, 5.41) is 7.11. The number of rotatable bonds is 8. The van der Waals surface area contributed by atoms with Crippen LogP contribution in [-0.2, 0) is 14.4 Å². The number of aryl methyl sites for hydroxylation is 1. The Labute approximate surface area is 221 Å². The van der Waals surface area contributed by atoms with Crippen LogP contribution >= 0.6 is 11.3 Å². The molecule has 0 aliphatic carbocycles. The van der Waals surface area contributed by atoms with Gasteiger partial charge in [-0.05, 0) is 36.8 Å². The van der Waals surface area contributed by atoms with Crippen molar-refractivity contribution in [3.8, 4) is 10.4 Å². The summed E-state index contributed by atoms with van der Waals surface area (Å²) in [6.45, 7) is 11.6. The van der Waals surface area contributed by atoms with E-state index in [4.69, 9.17) is 4.52 Å². The minimum atomic E-state index is -0.852. The number of carbonyl (C=O) groups excluding carboxylic acids is 3. The SMILES string of the molecule is Cc1ncsc1-c1ccc([C@H](C)NC(=O)[C@@H]2CC(=O)CN2C(=O)[C@@H](c2cc(C(C)C)no2)C(C)C)cc1. The van der Waals surface area contributed by atoms with E-state index in [9.17, 15) is 14.4 Å². The predicted octanol–water partition coefficient (Wildman–Crippen LogP) is 5.02. The summed E-state index contributed by atoms with van der Waals surface area (Å²) >= 11 is 1.59. The molecule has 1 saturated heterocycles. The lowest BCUT2D eigenvalue weighted by molar-refractivity contribution is -0.141. The molecular formula is C28H34N4O4S. The minimum absolute atomic E-state index is 0.00630. The molecule has 4 rings (SSSR count). The van der Waals surface area contributed by atoms with Gasteiger partial charge in [0.05, 0.1) is 34.4 Å². The lowest BCUT2D eigenvalue weighted by atomic mass is 9.90. The molecule has 196 valence electrons. The number of likely N-dealkylation sites (tertiary alicyclic amines) is 1. The monoisotopic (exact) mass is 522 g/mol. The fraction of sp³-hybridized carbons (Fsp3) is 0.464. The number of nitrogens with one attached hydrogen (secondary N) is 1. The molecule has 1 fully saturated rings. The van der Waals surface area contributed by atoms with Gasteiger partial charge in [0.2, 0.25) is 11.8 Å². The molecule has 1 aliphatic rings. The van der Waals surface area contributed by atoms with E-state index in [1.807, 2.05) is 71.3 Å². The maximum Gasteiger partial charge on any atom is 0.243 e. The number of ketones is 1. The zero-order valence-electron chi connectivity index (χ0n) is 22.1. The Morgan fingerprint density at radius 2 is 1.84 bits per heavy atom. The number of Topliss-reactive ketones (excluding diaryl/α,β-unsaturated/α-hetero) is 1. The highest BCUT2D eigenvalue weighted by Gasteiger charge is 2.43. The van der Waals surface area contributed by atoms with E-state index >= 15 is 0 Å². The quantitative estimate of drug-likeness (QED) is 0.446. The summed E-state index contributed by atoms with van der Waals surface area (Å²) in [4.78, 5) is 46.2. The van der Waals surface area contributed by atoms with Crippen molar-refractivity contribution in [1.29, 1.82) is 0 Å². The van der Waals surface area contributed by atoms with Crippen molar-refractivity contribution >= 4 is 28.9 Å². The highest BCUT2D eigenvalue weighted by atomic mass is 32.1. The number of nitrogens with zero attached hydrogens (tertiary/aromatic N) is 3. The third-order valence-corrected chi connectivity index (χ3v) is 7.86. The molecule has 1 aromatic carbocycles. The van der Waals surface area contributed by atoms with Gasteiger partial charge in [0.15, 0.2) is 5.78 Å². The van der Waals surface area contributed by atoms with Crippen LogP contribution in [0, 0.1) is 12.8 Å². The lowest BCUT2D eigenvalue weighted by Crippen LogP contribution is -2.48. The van der Waals surface area contributed by atoms with Crippen molar-refractivity contribution in [3.63, 3.8) is 0 Å². The molecule has 3 heterocycles. The topological polar surface area (TPSA) is 105 Å². The summed E-state index contributed by atoms with van der Waals surface area (Å²) < 4.78 is 5.53. The minimum Gasteiger partial charge on any atom is -0.360 e. The van der Waals surface area contributed by atoms with Crippen LogP contribution in [0.2, 0.25) is 0 Å². The molecule has 2 aromatic heterocycles. The summed E-state index contributed by atoms with van der Waals surface area (Å²) in [5.41, 5.74) is 5.59. The average Bonchev–Trinajstić information content (AvgIpc) is 3.59. The van der Waals surface area contributed by atoms with Crippen molar-refractivity contribution < 1.29 is 18.9 Å². The van der Waals surface area contributed by atoms with Gasteiger partial charge < -0.3 is 14.7 Å². The zero-order valence-corrected chi connectivity index (χ0v) is 23.0.